The van der Waals surface area contributed by atoms with Crippen LogP contribution in [-0.2, 0) is 0 Å². The summed E-state index contributed by atoms with van der Waals surface area (Å²) in [5, 5.41) is 0. The molecule has 174 valence electrons. The van der Waals surface area contributed by atoms with Gasteiger partial charge in [-0.3, -0.25) is 0 Å². The second-order valence-corrected chi connectivity index (χ2v) is 9.04. The van der Waals surface area contributed by atoms with Gasteiger partial charge in [-0.15, -0.1) is 0 Å². The van der Waals surface area contributed by atoms with Crippen molar-refractivity contribution in [1.82, 2.24) is 0 Å². The summed E-state index contributed by atoms with van der Waals surface area (Å²) in [7, 11) is 0. The van der Waals surface area contributed by atoms with Gasteiger partial charge in [0.05, 0.1) is 0 Å². The predicted octanol–water partition coefficient (Wildman–Crippen LogP) is 9.73. The highest BCUT2D eigenvalue weighted by Crippen LogP contribution is 2.25. The van der Waals surface area contributed by atoms with Crippen molar-refractivity contribution in [2.24, 2.45) is 0 Å². The van der Waals surface area contributed by atoms with Crippen molar-refractivity contribution in [2.75, 3.05) is 0 Å². The largest absolute Gasteiger partial charge is 0.457 e. The molecule has 0 aliphatic rings. The maximum absolute atomic E-state index is 5.69. The molecule has 0 atom stereocenters. The van der Waals surface area contributed by atoms with Gasteiger partial charge >= 0.3 is 0 Å². The fourth-order valence-corrected chi connectivity index (χ4v) is 3.70. The van der Waals surface area contributed by atoms with Crippen LogP contribution in [0.15, 0.2) is 121 Å². The van der Waals surface area contributed by atoms with Crippen LogP contribution >= 0.6 is 0 Å². The molecule has 1 heteroatoms. The van der Waals surface area contributed by atoms with E-state index in [9.17, 15) is 0 Å². The molecule has 1 nitrogen and oxygen atoms in total. The summed E-state index contributed by atoms with van der Waals surface area (Å²) in [4.78, 5) is 0. The summed E-state index contributed by atoms with van der Waals surface area (Å²) >= 11 is 0. The maximum Gasteiger partial charge on any atom is 0.127 e. The van der Waals surface area contributed by atoms with E-state index in [1.807, 2.05) is 48.5 Å². The Labute approximate surface area is 209 Å². The summed E-state index contributed by atoms with van der Waals surface area (Å²) in [6.07, 6.45) is 0. The normalized spacial score (nSPS) is 10.3. The van der Waals surface area contributed by atoms with Crippen molar-refractivity contribution < 1.29 is 4.74 Å². The molecule has 0 aliphatic carbocycles. The van der Waals surface area contributed by atoms with Crippen LogP contribution in [0.2, 0.25) is 0 Å². The van der Waals surface area contributed by atoms with E-state index >= 15 is 0 Å². The molecule has 0 saturated carbocycles. The Hall–Kier alpha value is -4.10. The monoisotopic (exact) mass is 456 g/mol. The van der Waals surface area contributed by atoms with Gasteiger partial charge < -0.3 is 4.74 Å². The van der Waals surface area contributed by atoms with Crippen molar-refractivity contribution in [1.29, 1.82) is 0 Å². The first-order chi connectivity index (χ1) is 17.0. The van der Waals surface area contributed by atoms with Crippen LogP contribution in [0.25, 0.3) is 22.3 Å². The first kappa shape index (κ1) is 24.0. The SMILES string of the molecule is Cc1ccc(-c2ccc(-c3ccc(C)cc3)cc2)cc1.Cc1ccc(Oc2ccc(C)cc2)cc1. The number of aryl methyl sites for hydroxylation is 4. The minimum absolute atomic E-state index is 0.879. The van der Waals surface area contributed by atoms with Gasteiger partial charge in [0, 0.05) is 0 Å². The van der Waals surface area contributed by atoms with Crippen molar-refractivity contribution >= 4 is 0 Å². The molecule has 0 radical (unpaired) electrons. The van der Waals surface area contributed by atoms with E-state index in [0.29, 0.717) is 0 Å². The standard InChI is InChI=1S/C20H18.C14H14O/c1-15-3-7-17(8-4-15)19-11-13-20(14-12-19)18-9-5-16(2)6-10-18;1-11-3-7-13(8-4-11)15-14-9-5-12(2)6-10-14/h3-14H,1-2H3;3-10H,1-2H3. The highest BCUT2D eigenvalue weighted by molar-refractivity contribution is 5.70. The van der Waals surface area contributed by atoms with E-state index < -0.39 is 0 Å². The molecule has 5 aromatic rings. The Bertz CT molecular complexity index is 1220. The number of ether oxygens (including phenoxy) is 1. The molecule has 0 aliphatic heterocycles. The highest BCUT2D eigenvalue weighted by atomic mass is 16.5. The average molecular weight is 457 g/mol. The van der Waals surface area contributed by atoms with Crippen molar-refractivity contribution in [3.63, 3.8) is 0 Å². The molecular weight excluding hydrogens is 424 g/mol. The van der Waals surface area contributed by atoms with Crippen LogP contribution in [0.5, 0.6) is 11.5 Å². The zero-order valence-corrected chi connectivity index (χ0v) is 21.0. The van der Waals surface area contributed by atoms with E-state index in [2.05, 4.69) is 100 Å². The van der Waals surface area contributed by atoms with Crippen LogP contribution in [0.3, 0.4) is 0 Å². The molecule has 0 spiro atoms. The molecule has 0 saturated heterocycles. The second kappa shape index (κ2) is 11.4. The lowest BCUT2D eigenvalue weighted by Gasteiger charge is -2.06. The Morgan fingerprint density at radius 2 is 0.486 bits per heavy atom. The molecule has 0 aromatic heterocycles. The average Bonchev–Trinajstić information content (AvgIpc) is 2.88. The lowest BCUT2D eigenvalue weighted by molar-refractivity contribution is 0.482. The lowest BCUT2D eigenvalue weighted by atomic mass is 9.99. The molecular formula is C34H32O. The van der Waals surface area contributed by atoms with Gasteiger partial charge in [0.2, 0.25) is 0 Å². The summed E-state index contributed by atoms with van der Waals surface area (Å²) < 4.78 is 5.69. The van der Waals surface area contributed by atoms with Crippen LogP contribution in [0.1, 0.15) is 22.3 Å². The summed E-state index contributed by atoms with van der Waals surface area (Å²) in [5.74, 6) is 1.76. The summed E-state index contributed by atoms with van der Waals surface area (Å²) in [6.45, 7) is 8.36. The zero-order valence-electron chi connectivity index (χ0n) is 21.0. The Balaban J connectivity index is 0.000000172. The number of rotatable bonds is 4. The molecule has 0 unspecified atom stereocenters. The smallest absolute Gasteiger partial charge is 0.127 e. The van der Waals surface area contributed by atoms with E-state index in [0.717, 1.165) is 11.5 Å². The molecule has 0 heterocycles. The first-order valence-electron chi connectivity index (χ1n) is 12.0. The third-order valence-corrected chi connectivity index (χ3v) is 5.93. The minimum Gasteiger partial charge on any atom is -0.457 e. The molecule has 5 rings (SSSR count). The van der Waals surface area contributed by atoms with Gasteiger partial charge in [-0.25, -0.2) is 0 Å². The van der Waals surface area contributed by atoms with Gasteiger partial charge in [0.25, 0.3) is 0 Å². The summed E-state index contributed by atoms with van der Waals surface area (Å²) in [6, 6.07) is 42.2. The Morgan fingerprint density at radius 3 is 0.743 bits per heavy atom. The Morgan fingerprint density at radius 1 is 0.286 bits per heavy atom. The topological polar surface area (TPSA) is 9.23 Å². The predicted molar refractivity (Wildman–Crippen MR) is 149 cm³/mol. The van der Waals surface area contributed by atoms with Crippen LogP contribution in [0, 0.1) is 27.7 Å². The molecule has 5 aromatic carbocycles. The Kier molecular flexibility index (Phi) is 7.80. The molecule has 0 N–H and O–H groups in total. The fraction of sp³-hybridized carbons (Fsp3) is 0.118. The third-order valence-electron chi connectivity index (χ3n) is 5.93. The third kappa shape index (κ3) is 6.94. The van der Waals surface area contributed by atoms with E-state index in [1.165, 1.54) is 44.5 Å². The van der Waals surface area contributed by atoms with E-state index in [1.54, 1.807) is 0 Å². The van der Waals surface area contributed by atoms with E-state index in [4.69, 9.17) is 4.74 Å². The van der Waals surface area contributed by atoms with Crippen LogP contribution in [0.4, 0.5) is 0 Å². The zero-order chi connectivity index (χ0) is 24.6. The van der Waals surface area contributed by atoms with Gasteiger partial charge in [0.1, 0.15) is 11.5 Å². The second-order valence-electron chi connectivity index (χ2n) is 9.04. The molecule has 0 fully saturated rings. The lowest BCUT2D eigenvalue weighted by Crippen LogP contribution is -1.84. The molecule has 35 heavy (non-hydrogen) atoms. The van der Waals surface area contributed by atoms with Gasteiger partial charge in [0.15, 0.2) is 0 Å². The molecule has 0 amide bonds. The summed E-state index contributed by atoms with van der Waals surface area (Å²) in [5.41, 5.74) is 10.1. The first-order valence-corrected chi connectivity index (χ1v) is 12.0. The van der Waals surface area contributed by atoms with Crippen molar-refractivity contribution in [3.8, 4) is 33.8 Å². The quantitative estimate of drug-likeness (QED) is 0.261. The highest BCUT2D eigenvalue weighted by Gasteiger charge is 2.00. The minimum atomic E-state index is 0.879. The van der Waals surface area contributed by atoms with Crippen molar-refractivity contribution in [3.05, 3.63) is 144 Å². The van der Waals surface area contributed by atoms with Gasteiger partial charge in [-0.2, -0.15) is 0 Å². The van der Waals surface area contributed by atoms with Crippen LogP contribution < -0.4 is 4.74 Å². The van der Waals surface area contributed by atoms with Crippen molar-refractivity contribution in [2.45, 2.75) is 27.7 Å². The maximum atomic E-state index is 5.69. The number of hydrogen-bond acceptors (Lipinski definition) is 1. The number of benzene rings is 5. The molecule has 0 bridgehead atoms. The van der Waals surface area contributed by atoms with E-state index in [-0.39, 0.29) is 0 Å². The van der Waals surface area contributed by atoms with Crippen LogP contribution in [-0.4, -0.2) is 0 Å². The fourth-order valence-electron chi connectivity index (χ4n) is 3.70. The van der Waals surface area contributed by atoms with Gasteiger partial charge in [-0.1, -0.05) is 119 Å². The number of hydrogen-bond donors (Lipinski definition) is 0. The van der Waals surface area contributed by atoms with Gasteiger partial charge in [-0.05, 0) is 74.2 Å².